The van der Waals surface area contributed by atoms with Crippen molar-refractivity contribution in [2.45, 2.75) is 38.9 Å². The van der Waals surface area contributed by atoms with Gasteiger partial charge < -0.3 is 15.5 Å². The van der Waals surface area contributed by atoms with Crippen LogP contribution in [0, 0.1) is 5.92 Å². The van der Waals surface area contributed by atoms with Crippen LogP contribution >= 0.6 is 0 Å². The van der Waals surface area contributed by atoms with Crippen LogP contribution in [0.25, 0.3) is 0 Å². The Hall–Kier alpha value is -1.88. The molecular weight excluding hydrogens is 278 g/mol. The number of hydrogen-bond acceptors (Lipinski definition) is 2. The van der Waals surface area contributed by atoms with Gasteiger partial charge in [0.25, 0.3) is 0 Å². The van der Waals surface area contributed by atoms with Crippen LogP contribution in [0.5, 0.6) is 0 Å². The van der Waals surface area contributed by atoms with Gasteiger partial charge in [0.15, 0.2) is 0 Å². The molecule has 3 atom stereocenters. The second-order valence-corrected chi connectivity index (χ2v) is 6.36. The molecule has 0 saturated carbocycles. The van der Waals surface area contributed by atoms with E-state index in [4.69, 9.17) is 0 Å². The molecule has 22 heavy (non-hydrogen) atoms. The molecule has 2 rings (SSSR count). The Morgan fingerprint density at radius 3 is 2.18 bits per heavy atom. The largest absolute Gasteiger partial charge is 0.333 e. The molecule has 0 aromatic heterocycles. The number of piperidine rings is 1. The van der Waals surface area contributed by atoms with Gasteiger partial charge in [0, 0.05) is 25.8 Å². The minimum atomic E-state index is -0.683. The minimum Gasteiger partial charge on any atom is -0.333 e. The van der Waals surface area contributed by atoms with Gasteiger partial charge in [0.05, 0.1) is 19.5 Å². The third kappa shape index (κ3) is 3.30. The monoisotopic (exact) mass is 304 g/mol. The summed E-state index contributed by atoms with van der Waals surface area (Å²) in [4.78, 5) is 24.8. The second kappa shape index (κ2) is 6.48. The lowest BCUT2D eigenvalue weighted by Crippen LogP contribution is -3.12. The van der Waals surface area contributed by atoms with Crippen LogP contribution in [0.2, 0.25) is 0 Å². The van der Waals surface area contributed by atoms with Gasteiger partial charge in [-0.15, -0.1) is 0 Å². The Bertz CT molecular complexity index is 528. The Kier molecular flexibility index (Phi) is 4.86. The maximum Gasteiger partial charge on any atom is 0.218 e. The summed E-state index contributed by atoms with van der Waals surface area (Å²) < 4.78 is 0. The van der Waals surface area contributed by atoms with E-state index >= 15 is 0 Å². The maximum atomic E-state index is 11.7. The van der Waals surface area contributed by atoms with Crippen LogP contribution in [-0.4, -0.2) is 31.1 Å². The molecule has 5 heteroatoms. The first-order valence-electron chi connectivity index (χ1n) is 7.80. The lowest BCUT2D eigenvalue weighted by Gasteiger charge is -2.48. The predicted molar refractivity (Wildman–Crippen MR) is 85.1 cm³/mol. The number of rotatable bonds is 3. The molecule has 1 aromatic rings. The van der Waals surface area contributed by atoms with Crippen molar-refractivity contribution in [3.8, 4) is 0 Å². The molecule has 5 nitrogen and oxygen atoms in total. The number of amides is 2. The van der Waals surface area contributed by atoms with Crippen molar-refractivity contribution in [1.29, 1.82) is 0 Å². The molecule has 1 saturated heterocycles. The van der Waals surface area contributed by atoms with Crippen LogP contribution in [0.4, 0.5) is 0 Å². The van der Waals surface area contributed by atoms with Crippen LogP contribution in [-0.2, 0) is 9.59 Å². The summed E-state index contributed by atoms with van der Waals surface area (Å²) >= 11 is 0. The highest BCUT2D eigenvalue weighted by molar-refractivity contribution is 5.77. The molecule has 1 fully saturated rings. The fourth-order valence-electron chi connectivity index (χ4n) is 3.73. The third-order valence-corrected chi connectivity index (χ3v) is 4.68. The molecule has 1 aromatic carbocycles. The van der Waals surface area contributed by atoms with Gasteiger partial charge in [-0.25, -0.2) is 0 Å². The van der Waals surface area contributed by atoms with E-state index in [1.165, 1.54) is 24.3 Å². The van der Waals surface area contributed by atoms with E-state index in [0.29, 0.717) is 0 Å². The Labute approximate surface area is 132 Å². The summed E-state index contributed by atoms with van der Waals surface area (Å²) in [6, 6.07) is 10.5. The first-order valence-corrected chi connectivity index (χ1v) is 7.80. The summed E-state index contributed by atoms with van der Waals surface area (Å²) in [6.45, 7) is 5.98. The van der Waals surface area contributed by atoms with E-state index < -0.39 is 5.66 Å². The van der Waals surface area contributed by atoms with Crippen molar-refractivity contribution in [3.05, 3.63) is 35.9 Å². The Balaban J connectivity index is 2.39. The van der Waals surface area contributed by atoms with Gasteiger partial charge in [0.1, 0.15) is 11.7 Å². The number of hydrogen-bond donors (Lipinski definition) is 3. The minimum absolute atomic E-state index is 0.0800. The van der Waals surface area contributed by atoms with Crippen molar-refractivity contribution in [2.75, 3.05) is 13.6 Å². The van der Waals surface area contributed by atoms with Crippen LogP contribution in [0.1, 0.15) is 38.8 Å². The van der Waals surface area contributed by atoms with Crippen LogP contribution in [0.15, 0.2) is 30.3 Å². The molecule has 1 aliphatic rings. The zero-order chi connectivity index (χ0) is 16.3. The molecule has 1 heterocycles. The predicted octanol–water partition coefficient (Wildman–Crippen LogP) is 0.251. The highest BCUT2D eigenvalue weighted by Crippen LogP contribution is 2.32. The van der Waals surface area contributed by atoms with Crippen molar-refractivity contribution in [3.63, 3.8) is 0 Å². The number of likely N-dealkylation sites (tertiary alicyclic amines) is 1. The molecule has 0 aliphatic carbocycles. The molecular formula is C17H26N3O2+. The fraction of sp³-hybridized carbons (Fsp3) is 0.529. The number of carbonyl (C=O) groups is 2. The lowest BCUT2D eigenvalue weighted by molar-refractivity contribution is -0.924. The lowest BCUT2D eigenvalue weighted by atomic mass is 9.77. The normalized spacial score (nSPS) is 27.0. The average Bonchev–Trinajstić information content (AvgIpc) is 2.43. The number of quaternary nitrogens is 1. The molecule has 0 bridgehead atoms. The molecule has 1 aliphatic heterocycles. The summed E-state index contributed by atoms with van der Waals surface area (Å²) in [6.07, 6.45) is 0.725. The standard InChI is InChI=1S/C17H25N3O2/c1-12-16(15-8-6-5-7-9-15)20(4)11-10-17(12,18-13(2)21)19-14(3)22/h5-9,12,16H,10-11H2,1-4H3,(H,18,21)(H,19,22)/p+1/t12-,16+/m0/s1. The smallest absolute Gasteiger partial charge is 0.218 e. The molecule has 3 N–H and O–H groups in total. The highest BCUT2D eigenvalue weighted by Gasteiger charge is 2.49. The van der Waals surface area contributed by atoms with E-state index in [0.717, 1.165) is 13.0 Å². The average molecular weight is 304 g/mol. The number of benzene rings is 1. The first-order chi connectivity index (χ1) is 10.4. The van der Waals surface area contributed by atoms with E-state index in [1.807, 2.05) is 18.2 Å². The van der Waals surface area contributed by atoms with E-state index in [9.17, 15) is 9.59 Å². The molecule has 120 valence electrons. The zero-order valence-corrected chi connectivity index (χ0v) is 13.8. The van der Waals surface area contributed by atoms with Gasteiger partial charge in [-0.2, -0.15) is 0 Å². The van der Waals surface area contributed by atoms with Crippen molar-refractivity contribution in [1.82, 2.24) is 10.6 Å². The van der Waals surface area contributed by atoms with Gasteiger partial charge in [-0.3, -0.25) is 9.59 Å². The number of nitrogens with one attached hydrogen (secondary N) is 3. The van der Waals surface area contributed by atoms with Gasteiger partial charge in [-0.1, -0.05) is 37.3 Å². The number of carbonyl (C=O) groups excluding carboxylic acids is 2. The Morgan fingerprint density at radius 2 is 1.68 bits per heavy atom. The third-order valence-electron chi connectivity index (χ3n) is 4.68. The van der Waals surface area contributed by atoms with Crippen molar-refractivity contribution in [2.24, 2.45) is 5.92 Å². The molecule has 1 unspecified atom stereocenters. The molecule has 0 spiro atoms. The van der Waals surface area contributed by atoms with Gasteiger partial charge >= 0.3 is 0 Å². The highest BCUT2D eigenvalue weighted by atomic mass is 16.2. The topological polar surface area (TPSA) is 62.6 Å². The fourth-order valence-corrected chi connectivity index (χ4v) is 3.73. The Morgan fingerprint density at radius 1 is 1.14 bits per heavy atom. The first kappa shape index (κ1) is 16.5. The van der Waals surface area contributed by atoms with Crippen molar-refractivity contribution >= 4 is 11.8 Å². The van der Waals surface area contributed by atoms with Crippen LogP contribution < -0.4 is 15.5 Å². The maximum absolute atomic E-state index is 11.7. The van der Waals surface area contributed by atoms with Gasteiger partial charge in [-0.05, 0) is 0 Å². The quantitative estimate of drug-likeness (QED) is 0.701. The summed E-state index contributed by atoms with van der Waals surface area (Å²) in [5.74, 6) is -0.157. The van der Waals surface area contributed by atoms with Crippen LogP contribution in [0.3, 0.4) is 0 Å². The summed E-state index contributed by atoms with van der Waals surface area (Å²) in [5, 5.41) is 6.02. The van der Waals surface area contributed by atoms with E-state index in [-0.39, 0.29) is 23.8 Å². The molecule has 2 amide bonds. The zero-order valence-electron chi connectivity index (χ0n) is 13.8. The van der Waals surface area contributed by atoms with E-state index in [2.05, 4.69) is 36.7 Å². The molecule has 0 radical (unpaired) electrons. The second-order valence-electron chi connectivity index (χ2n) is 6.36. The van der Waals surface area contributed by atoms with Gasteiger partial charge in [0.2, 0.25) is 11.8 Å². The summed E-state index contributed by atoms with van der Waals surface area (Å²) in [7, 11) is 2.17. The SMILES string of the molecule is CC(=O)NC1(NC(C)=O)CC[NH+](C)[C@@H](c2ccccc2)[C@@H]1C. The van der Waals surface area contributed by atoms with Crippen molar-refractivity contribution < 1.29 is 14.5 Å². The van der Waals surface area contributed by atoms with E-state index in [1.54, 1.807) is 0 Å². The summed E-state index contributed by atoms with van der Waals surface area (Å²) in [5.41, 5.74) is 0.546.